The maximum atomic E-state index is 13.3. The highest BCUT2D eigenvalue weighted by Gasteiger charge is 2.60. The zero-order valence-corrected chi connectivity index (χ0v) is 23.0. The van der Waals surface area contributed by atoms with Gasteiger partial charge in [0.2, 0.25) is 5.91 Å². The molecular weight excluding hydrogens is 492 g/mol. The number of hydrogen-bond acceptors (Lipinski definition) is 7. The summed E-state index contributed by atoms with van der Waals surface area (Å²) in [5, 5.41) is 34.2. The molecule has 4 rings (SSSR count). The number of benzene rings is 1. The van der Waals surface area contributed by atoms with E-state index in [1.54, 1.807) is 16.7 Å². The van der Waals surface area contributed by atoms with Crippen molar-refractivity contribution in [3.63, 3.8) is 0 Å². The number of hydrogen-bond donors (Lipinski definition) is 4. The Hall–Kier alpha value is -1.81. The van der Waals surface area contributed by atoms with E-state index in [9.17, 15) is 24.9 Å². The molecule has 1 aromatic rings. The van der Waals surface area contributed by atoms with Crippen LogP contribution in [0.15, 0.2) is 29.2 Å². The fraction of sp³-hybridized carbons (Fsp3) is 0.714. The van der Waals surface area contributed by atoms with E-state index in [0.29, 0.717) is 37.9 Å². The summed E-state index contributed by atoms with van der Waals surface area (Å²) in [6.45, 7) is 4.56. The number of nitrogens with zero attached hydrogens (tertiary/aromatic N) is 1. The quantitative estimate of drug-likeness (QED) is 0.392. The third-order valence-corrected chi connectivity index (χ3v) is 10.3. The van der Waals surface area contributed by atoms with Gasteiger partial charge in [-0.15, -0.1) is 11.8 Å². The van der Waals surface area contributed by atoms with Crippen molar-refractivity contribution in [3.8, 4) is 0 Å². The molecule has 3 aliphatic rings. The molecule has 1 aliphatic heterocycles. The van der Waals surface area contributed by atoms with Gasteiger partial charge in [-0.05, 0) is 80.2 Å². The van der Waals surface area contributed by atoms with Crippen LogP contribution in [0.2, 0.25) is 0 Å². The topological polar surface area (TPSA) is 119 Å². The standard InChI is InChI=1S/C28H42N2O6S/c1-27-12-11-24(36-26(35)29-18-6-4-8-20(14-18)37-3)28(2,17-32)23(27)10-9-22(33)21(27)15-25(34)30-13-5-7-19(30)16-31/h4,6,8,14,19,21-24,31-33H,5,7,9-13,15-17H2,1-3H3,(H,29,35)/t19-,21+,22+,23+,24+,27-,28-/m0/s1. The van der Waals surface area contributed by atoms with Crippen LogP contribution in [-0.2, 0) is 9.53 Å². The SMILES string of the molecule is CSc1cccc(NC(=O)O[C@@H]2CC[C@]3(C)[C@@H](CC[C@@H](O)[C@H]3CC(=O)N3CCC[C@H]3CO)[C@]2(C)CO)c1. The van der Waals surface area contributed by atoms with E-state index in [0.717, 1.165) is 17.7 Å². The Labute approximate surface area is 224 Å². The van der Waals surface area contributed by atoms with Crippen LogP contribution in [0.4, 0.5) is 10.5 Å². The maximum absolute atomic E-state index is 13.3. The first-order chi connectivity index (χ1) is 17.7. The smallest absolute Gasteiger partial charge is 0.411 e. The number of aliphatic hydroxyl groups is 3. The first kappa shape index (κ1) is 28.2. The minimum atomic E-state index is -0.700. The zero-order chi connectivity index (χ0) is 26.8. The average molecular weight is 535 g/mol. The second kappa shape index (κ2) is 11.5. The van der Waals surface area contributed by atoms with Crippen LogP contribution in [0.25, 0.3) is 0 Å². The van der Waals surface area contributed by atoms with Crippen LogP contribution in [0.3, 0.4) is 0 Å². The first-order valence-electron chi connectivity index (χ1n) is 13.5. The Morgan fingerprint density at radius 2 is 1.97 bits per heavy atom. The molecule has 206 valence electrons. The molecule has 2 saturated carbocycles. The van der Waals surface area contributed by atoms with Crippen molar-refractivity contribution in [2.45, 2.75) is 81.9 Å². The highest BCUT2D eigenvalue weighted by Crippen LogP contribution is 2.61. The van der Waals surface area contributed by atoms with Gasteiger partial charge in [-0.25, -0.2) is 4.79 Å². The number of rotatable bonds is 7. The summed E-state index contributed by atoms with van der Waals surface area (Å²) in [5.41, 5.74) is -0.429. The maximum Gasteiger partial charge on any atom is 0.411 e. The molecule has 7 atom stereocenters. The number of thioether (sulfide) groups is 1. The van der Waals surface area contributed by atoms with Crippen molar-refractivity contribution >= 4 is 29.4 Å². The summed E-state index contributed by atoms with van der Waals surface area (Å²) in [6.07, 6.45) is 4.72. The van der Waals surface area contributed by atoms with Gasteiger partial charge in [-0.2, -0.15) is 0 Å². The molecule has 4 N–H and O–H groups in total. The van der Waals surface area contributed by atoms with Crippen LogP contribution < -0.4 is 5.32 Å². The molecule has 37 heavy (non-hydrogen) atoms. The van der Waals surface area contributed by atoms with Crippen LogP contribution in [-0.4, -0.2) is 76.5 Å². The highest BCUT2D eigenvalue weighted by atomic mass is 32.2. The second-order valence-electron chi connectivity index (χ2n) is 11.5. The normalized spacial score (nSPS) is 35.6. The largest absolute Gasteiger partial charge is 0.445 e. The summed E-state index contributed by atoms with van der Waals surface area (Å²) in [5.74, 6) is -0.295. The van der Waals surface area contributed by atoms with Crippen molar-refractivity contribution < 1.29 is 29.6 Å². The summed E-state index contributed by atoms with van der Waals surface area (Å²) in [7, 11) is 0. The third kappa shape index (κ3) is 5.51. The van der Waals surface area contributed by atoms with Crippen LogP contribution >= 0.6 is 11.8 Å². The molecule has 1 heterocycles. The molecule has 0 bridgehead atoms. The van der Waals surface area contributed by atoms with Crippen molar-refractivity contribution in [2.75, 3.05) is 31.3 Å². The first-order valence-corrected chi connectivity index (χ1v) is 14.7. The molecule has 1 aromatic carbocycles. The van der Waals surface area contributed by atoms with E-state index >= 15 is 0 Å². The predicted octanol–water partition coefficient (Wildman–Crippen LogP) is 3.88. The van der Waals surface area contributed by atoms with Gasteiger partial charge in [0.1, 0.15) is 6.10 Å². The fourth-order valence-corrected chi connectivity index (χ4v) is 7.88. The number of anilines is 1. The number of fused-ring (bicyclic) bond motifs is 1. The lowest BCUT2D eigenvalue weighted by atomic mass is 9.46. The third-order valence-electron chi connectivity index (χ3n) is 9.54. The van der Waals surface area contributed by atoms with Gasteiger partial charge in [-0.1, -0.05) is 19.9 Å². The molecule has 1 saturated heterocycles. The number of nitrogens with one attached hydrogen (secondary N) is 1. The number of carbonyl (C=O) groups excluding carboxylic acids is 2. The number of carbonyl (C=O) groups is 2. The van der Waals surface area contributed by atoms with Crippen LogP contribution in [0, 0.1) is 22.7 Å². The minimum absolute atomic E-state index is 0.0154. The lowest BCUT2D eigenvalue weighted by molar-refractivity contribution is -0.186. The fourth-order valence-electron chi connectivity index (χ4n) is 7.42. The van der Waals surface area contributed by atoms with Crippen molar-refractivity contribution in [3.05, 3.63) is 24.3 Å². The van der Waals surface area contributed by atoms with Gasteiger partial charge in [0.25, 0.3) is 0 Å². The predicted molar refractivity (Wildman–Crippen MR) is 143 cm³/mol. The van der Waals surface area contributed by atoms with Gasteiger partial charge < -0.3 is 25.0 Å². The van der Waals surface area contributed by atoms with E-state index < -0.39 is 23.7 Å². The van der Waals surface area contributed by atoms with Crippen LogP contribution in [0.1, 0.15) is 58.8 Å². The van der Waals surface area contributed by atoms with E-state index in [-0.39, 0.29) is 48.8 Å². The van der Waals surface area contributed by atoms with Gasteiger partial charge in [0.15, 0.2) is 0 Å². The average Bonchev–Trinajstić information content (AvgIpc) is 3.37. The number of aliphatic hydroxyl groups excluding tert-OH is 3. The molecule has 2 amide bonds. The Balaban J connectivity index is 1.49. The molecule has 0 spiro atoms. The number of likely N-dealkylation sites (tertiary alicyclic amines) is 1. The Morgan fingerprint density at radius 1 is 1.19 bits per heavy atom. The summed E-state index contributed by atoms with van der Waals surface area (Å²) in [6, 6.07) is 7.42. The summed E-state index contributed by atoms with van der Waals surface area (Å²) >= 11 is 1.59. The van der Waals surface area contributed by atoms with Crippen molar-refractivity contribution in [1.29, 1.82) is 0 Å². The molecule has 3 fully saturated rings. The zero-order valence-electron chi connectivity index (χ0n) is 22.2. The van der Waals surface area contributed by atoms with Crippen LogP contribution in [0.5, 0.6) is 0 Å². The van der Waals surface area contributed by atoms with E-state index in [1.807, 2.05) is 37.4 Å². The Bertz CT molecular complexity index is 978. The molecular formula is C28H42N2O6S. The molecule has 8 nitrogen and oxygen atoms in total. The van der Waals surface area contributed by atoms with Gasteiger partial charge in [-0.3, -0.25) is 10.1 Å². The van der Waals surface area contributed by atoms with E-state index in [1.165, 1.54) is 0 Å². The highest BCUT2D eigenvalue weighted by molar-refractivity contribution is 7.98. The molecule has 2 aliphatic carbocycles. The Kier molecular flexibility index (Phi) is 8.78. The summed E-state index contributed by atoms with van der Waals surface area (Å²) in [4.78, 5) is 28.9. The lowest BCUT2D eigenvalue weighted by Gasteiger charge is -2.60. The molecule has 0 unspecified atom stereocenters. The van der Waals surface area contributed by atoms with Crippen molar-refractivity contribution in [2.24, 2.45) is 22.7 Å². The molecule has 9 heteroatoms. The van der Waals surface area contributed by atoms with Gasteiger partial charge >= 0.3 is 6.09 Å². The Morgan fingerprint density at radius 3 is 2.68 bits per heavy atom. The van der Waals surface area contributed by atoms with E-state index in [4.69, 9.17) is 4.74 Å². The second-order valence-corrected chi connectivity index (χ2v) is 12.4. The van der Waals surface area contributed by atoms with E-state index in [2.05, 4.69) is 12.2 Å². The monoisotopic (exact) mass is 534 g/mol. The van der Waals surface area contributed by atoms with Gasteiger partial charge in [0, 0.05) is 29.0 Å². The van der Waals surface area contributed by atoms with Gasteiger partial charge in [0.05, 0.1) is 25.4 Å². The molecule has 0 radical (unpaired) electrons. The number of amides is 2. The van der Waals surface area contributed by atoms with Crippen molar-refractivity contribution in [1.82, 2.24) is 4.90 Å². The molecule has 0 aromatic heterocycles. The lowest BCUT2D eigenvalue weighted by Crippen LogP contribution is -2.61. The minimum Gasteiger partial charge on any atom is -0.445 e. The summed E-state index contributed by atoms with van der Waals surface area (Å²) < 4.78 is 5.94. The number of ether oxygens (including phenoxy) is 1.